The van der Waals surface area contributed by atoms with E-state index in [9.17, 15) is 4.79 Å². The third kappa shape index (κ3) is 2.30. The average molecular weight is 269 g/mol. The average Bonchev–Trinajstić information content (AvgIpc) is 2.80. The number of fused-ring (bicyclic) bond motifs is 1. The number of nitrogens with one attached hydrogen (secondary N) is 2. The minimum absolute atomic E-state index is 0.0777. The van der Waals surface area contributed by atoms with Crippen molar-refractivity contribution in [3.05, 3.63) is 57.5 Å². The highest BCUT2D eigenvalue weighted by Gasteiger charge is 2.08. The van der Waals surface area contributed by atoms with E-state index < -0.39 is 0 Å². The zero-order valence-electron chi connectivity index (χ0n) is 11.4. The summed E-state index contributed by atoms with van der Waals surface area (Å²) in [5.74, 6) is 0. The Morgan fingerprint density at radius 2 is 2.10 bits per heavy atom. The van der Waals surface area contributed by atoms with Crippen LogP contribution in [0.2, 0.25) is 0 Å². The second-order valence-corrected chi connectivity index (χ2v) is 4.78. The van der Waals surface area contributed by atoms with E-state index in [2.05, 4.69) is 15.3 Å². The molecular formula is C15H15N3O2. The smallest absolute Gasteiger partial charge is 0.295 e. The van der Waals surface area contributed by atoms with Crippen LogP contribution in [0.1, 0.15) is 16.8 Å². The fourth-order valence-corrected chi connectivity index (χ4v) is 2.21. The molecule has 0 amide bonds. The highest BCUT2D eigenvalue weighted by atomic mass is 16.4. The summed E-state index contributed by atoms with van der Waals surface area (Å²) in [6, 6.07) is 9.91. The number of aryl methyl sites for hydroxylation is 2. The number of nitrogens with zero attached hydrogens (tertiary/aromatic N) is 1. The maximum absolute atomic E-state index is 11.9. The summed E-state index contributed by atoms with van der Waals surface area (Å²) in [6.45, 7) is 4.17. The topological polar surface area (TPSA) is 70.9 Å². The number of rotatable bonds is 3. The van der Waals surface area contributed by atoms with Crippen LogP contribution in [0, 0.1) is 13.8 Å². The first kappa shape index (κ1) is 12.5. The molecule has 20 heavy (non-hydrogen) atoms. The molecule has 0 aliphatic rings. The zero-order valence-corrected chi connectivity index (χ0v) is 11.4. The van der Waals surface area contributed by atoms with Crippen molar-refractivity contribution in [2.75, 3.05) is 5.32 Å². The molecule has 0 atom stereocenters. The maximum atomic E-state index is 11.9. The van der Waals surface area contributed by atoms with Crippen molar-refractivity contribution in [2.45, 2.75) is 20.4 Å². The maximum Gasteiger partial charge on any atom is 0.295 e. The zero-order chi connectivity index (χ0) is 14.1. The lowest BCUT2D eigenvalue weighted by molar-refractivity contribution is 0.614. The van der Waals surface area contributed by atoms with Gasteiger partial charge >= 0.3 is 0 Å². The molecule has 3 aromatic rings. The Bertz CT molecular complexity index is 784. The number of benzene rings is 1. The quantitative estimate of drug-likeness (QED) is 0.767. The largest absolute Gasteiger partial charge is 0.424 e. The highest BCUT2D eigenvalue weighted by Crippen LogP contribution is 2.18. The van der Waals surface area contributed by atoms with Crippen molar-refractivity contribution in [3.8, 4) is 0 Å². The number of para-hydroxylation sites is 2. The van der Waals surface area contributed by atoms with Crippen LogP contribution in [-0.4, -0.2) is 9.97 Å². The van der Waals surface area contributed by atoms with Crippen LogP contribution in [0.15, 0.2) is 39.5 Å². The number of hydrogen-bond acceptors (Lipinski definition) is 4. The van der Waals surface area contributed by atoms with Gasteiger partial charge in [0.25, 0.3) is 11.6 Å². The number of hydrogen-bond donors (Lipinski definition) is 2. The fraction of sp³-hybridized carbons (Fsp3) is 0.200. The minimum Gasteiger partial charge on any atom is -0.424 e. The van der Waals surface area contributed by atoms with Gasteiger partial charge in [0.1, 0.15) is 5.52 Å². The summed E-state index contributed by atoms with van der Waals surface area (Å²) in [5, 5.41) is 3.05. The summed E-state index contributed by atoms with van der Waals surface area (Å²) in [7, 11) is 0. The van der Waals surface area contributed by atoms with Gasteiger partial charge in [-0.05, 0) is 37.6 Å². The van der Waals surface area contributed by atoms with Gasteiger partial charge in [-0.1, -0.05) is 12.1 Å². The van der Waals surface area contributed by atoms with Gasteiger partial charge in [-0.3, -0.25) is 4.79 Å². The van der Waals surface area contributed by atoms with Crippen molar-refractivity contribution in [1.29, 1.82) is 0 Å². The summed E-state index contributed by atoms with van der Waals surface area (Å²) in [4.78, 5) is 19.0. The van der Waals surface area contributed by atoms with Gasteiger partial charge in [0.15, 0.2) is 5.58 Å². The predicted octanol–water partition coefficient (Wildman–Crippen LogP) is 2.75. The van der Waals surface area contributed by atoms with E-state index in [4.69, 9.17) is 4.42 Å². The molecule has 0 aliphatic carbocycles. The Morgan fingerprint density at radius 3 is 2.85 bits per heavy atom. The van der Waals surface area contributed by atoms with Crippen molar-refractivity contribution >= 4 is 17.1 Å². The molecule has 2 N–H and O–H groups in total. The SMILES string of the molecule is Cc1cc(C)c(CNc2nc3ccccc3o2)c(=O)[nH]1. The molecular weight excluding hydrogens is 254 g/mol. The molecule has 3 rings (SSSR count). The van der Waals surface area contributed by atoms with Crippen LogP contribution in [0.3, 0.4) is 0 Å². The number of aromatic nitrogens is 2. The van der Waals surface area contributed by atoms with Crippen LogP contribution in [-0.2, 0) is 6.54 Å². The lowest BCUT2D eigenvalue weighted by atomic mass is 10.1. The molecule has 0 aliphatic heterocycles. The molecule has 0 saturated carbocycles. The van der Waals surface area contributed by atoms with Crippen LogP contribution >= 0.6 is 0 Å². The highest BCUT2D eigenvalue weighted by molar-refractivity contribution is 5.74. The van der Waals surface area contributed by atoms with Gasteiger partial charge in [0.2, 0.25) is 0 Å². The van der Waals surface area contributed by atoms with Crippen LogP contribution < -0.4 is 10.9 Å². The first-order valence-corrected chi connectivity index (χ1v) is 6.42. The Kier molecular flexibility index (Phi) is 3.02. The molecule has 0 spiro atoms. The second-order valence-electron chi connectivity index (χ2n) is 4.78. The molecule has 0 fully saturated rings. The lowest BCUT2D eigenvalue weighted by Crippen LogP contribution is -2.18. The monoisotopic (exact) mass is 269 g/mol. The number of aromatic amines is 1. The van der Waals surface area contributed by atoms with Gasteiger partial charge in [0, 0.05) is 11.3 Å². The Morgan fingerprint density at radius 1 is 1.30 bits per heavy atom. The van der Waals surface area contributed by atoms with Crippen molar-refractivity contribution in [2.24, 2.45) is 0 Å². The molecule has 2 heterocycles. The van der Waals surface area contributed by atoms with E-state index in [1.807, 2.05) is 44.2 Å². The molecule has 1 aromatic carbocycles. The first-order valence-electron chi connectivity index (χ1n) is 6.42. The molecule has 5 nitrogen and oxygen atoms in total. The lowest BCUT2D eigenvalue weighted by Gasteiger charge is -2.06. The van der Waals surface area contributed by atoms with Gasteiger partial charge < -0.3 is 14.7 Å². The number of anilines is 1. The molecule has 0 saturated heterocycles. The summed E-state index contributed by atoms with van der Waals surface area (Å²) >= 11 is 0. The van der Waals surface area contributed by atoms with E-state index in [-0.39, 0.29) is 5.56 Å². The summed E-state index contributed by atoms with van der Waals surface area (Å²) in [5.41, 5.74) is 3.95. The summed E-state index contributed by atoms with van der Waals surface area (Å²) < 4.78 is 5.56. The van der Waals surface area contributed by atoms with Gasteiger partial charge in [-0.25, -0.2) is 0 Å². The van der Waals surface area contributed by atoms with Crippen LogP contribution in [0.4, 0.5) is 6.01 Å². The minimum atomic E-state index is -0.0777. The molecule has 2 aromatic heterocycles. The van der Waals surface area contributed by atoms with Gasteiger partial charge in [-0.15, -0.1) is 0 Å². The van der Waals surface area contributed by atoms with Crippen molar-refractivity contribution < 1.29 is 4.42 Å². The van der Waals surface area contributed by atoms with Crippen LogP contribution in [0.25, 0.3) is 11.1 Å². The van der Waals surface area contributed by atoms with E-state index >= 15 is 0 Å². The Labute approximate surface area is 115 Å². The molecule has 5 heteroatoms. The number of oxazole rings is 1. The Hall–Kier alpha value is -2.56. The number of H-pyrrole nitrogens is 1. The van der Waals surface area contributed by atoms with Gasteiger partial charge in [0.05, 0.1) is 6.54 Å². The third-order valence-electron chi connectivity index (χ3n) is 3.20. The Balaban J connectivity index is 1.84. The van der Waals surface area contributed by atoms with Crippen molar-refractivity contribution in [3.63, 3.8) is 0 Å². The second kappa shape index (κ2) is 4.85. The van der Waals surface area contributed by atoms with Crippen LogP contribution in [0.5, 0.6) is 0 Å². The van der Waals surface area contributed by atoms with E-state index in [0.717, 1.165) is 22.4 Å². The molecule has 0 radical (unpaired) electrons. The van der Waals surface area contributed by atoms with Gasteiger partial charge in [-0.2, -0.15) is 4.98 Å². The number of pyridine rings is 1. The van der Waals surface area contributed by atoms with Crippen molar-refractivity contribution in [1.82, 2.24) is 9.97 Å². The normalized spacial score (nSPS) is 10.9. The predicted molar refractivity (Wildman–Crippen MR) is 77.9 cm³/mol. The summed E-state index contributed by atoms with van der Waals surface area (Å²) in [6.07, 6.45) is 0. The molecule has 102 valence electrons. The van der Waals surface area contributed by atoms with E-state index in [0.29, 0.717) is 18.1 Å². The van der Waals surface area contributed by atoms with E-state index in [1.165, 1.54) is 0 Å². The van der Waals surface area contributed by atoms with E-state index in [1.54, 1.807) is 0 Å². The molecule has 0 unspecified atom stereocenters. The third-order valence-corrected chi connectivity index (χ3v) is 3.20. The first-order chi connectivity index (χ1) is 9.63. The standard InChI is InChI=1S/C15H15N3O2/c1-9-7-10(2)17-14(19)11(9)8-16-15-18-12-5-3-4-6-13(12)20-15/h3-7H,8H2,1-2H3,(H,16,18)(H,17,19). The fourth-order valence-electron chi connectivity index (χ4n) is 2.21. The molecule has 0 bridgehead atoms.